The molecule has 0 amide bonds. The van der Waals surface area contributed by atoms with Crippen molar-refractivity contribution in [3.8, 4) is 0 Å². The SMILES string of the molecule is C=CC=C=N/C=C\CCC(C)C. The molecule has 66 valence electrons. The molecule has 0 bridgehead atoms. The summed E-state index contributed by atoms with van der Waals surface area (Å²) in [6.45, 7) is 7.95. The summed E-state index contributed by atoms with van der Waals surface area (Å²) in [7, 11) is 0. The fourth-order valence-corrected chi connectivity index (χ4v) is 0.696. The summed E-state index contributed by atoms with van der Waals surface area (Å²) in [5.74, 6) is 3.48. The van der Waals surface area contributed by atoms with E-state index in [9.17, 15) is 0 Å². The third kappa shape index (κ3) is 8.93. The Morgan fingerprint density at radius 1 is 1.50 bits per heavy atom. The molecule has 0 unspecified atom stereocenters. The van der Waals surface area contributed by atoms with E-state index in [0.717, 1.165) is 12.3 Å². The van der Waals surface area contributed by atoms with E-state index in [1.807, 2.05) is 0 Å². The van der Waals surface area contributed by atoms with Crippen molar-refractivity contribution < 1.29 is 0 Å². The van der Waals surface area contributed by atoms with Gasteiger partial charge in [0.25, 0.3) is 0 Å². The largest absolute Gasteiger partial charge is 0.215 e. The average Bonchev–Trinajstić information content (AvgIpc) is 2.02. The lowest BCUT2D eigenvalue weighted by Gasteiger charge is -1.97. The molecule has 1 nitrogen and oxygen atoms in total. The Hall–Kier alpha value is -1.07. The molecular weight excluding hydrogens is 146 g/mol. The smallest absolute Gasteiger partial charge is 0.0328 e. The zero-order chi connectivity index (χ0) is 9.23. The van der Waals surface area contributed by atoms with Gasteiger partial charge in [-0.25, -0.2) is 4.99 Å². The van der Waals surface area contributed by atoms with E-state index in [1.54, 1.807) is 18.4 Å². The van der Waals surface area contributed by atoms with Crippen LogP contribution in [0.15, 0.2) is 36.0 Å². The van der Waals surface area contributed by atoms with Crippen molar-refractivity contribution in [3.05, 3.63) is 31.0 Å². The topological polar surface area (TPSA) is 12.4 Å². The number of allylic oxidation sites excluding steroid dienone is 3. The van der Waals surface area contributed by atoms with Crippen LogP contribution in [-0.4, -0.2) is 5.87 Å². The van der Waals surface area contributed by atoms with E-state index in [1.165, 1.54) is 6.42 Å². The van der Waals surface area contributed by atoms with Gasteiger partial charge in [0, 0.05) is 6.20 Å². The van der Waals surface area contributed by atoms with Gasteiger partial charge < -0.3 is 0 Å². The van der Waals surface area contributed by atoms with Crippen LogP contribution < -0.4 is 0 Å². The summed E-state index contributed by atoms with van der Waals surface area (Å²) in [4.78, 5) is 3.90. The summed E-state index contributed by atoms with van der Waals surface area (Å²) in [6.07, 6.45) is 9.50. The van der Waals surface area contributed by atoms with Crippen molar-refractivity contribution in [2.45, 2.75) is 26.7 Å². The molecule has 1 heteroatoms. The highest BCUT2D eigenvalue weighted by atomic mass is 14.6. The molecule has 0 saturated carbocycles. The first kappa shape index (κ1) is 10.9. The molecular formula is C11H17N. The number of hydrogen-bond donors (Lipinski definition) is 0. The number of hydrogen-bond acceptors (Lipinski definition) is 1. The van der Waals surface area contributed by atoms with E-state index in [0.29, 0.717) is 0 Å². The molecule has 0 aromatic carbocycles. The summed E-state index contributed by atoms with van der Waals surface area (Å²) in [6, 6.07) is 0. The van der Waals surface area contributed by atoms with Gasteiger partial charge in [-0.15, -0.1) is 0 Å². The second kappa shape index (κ2) is 8.03. The maximum Gasteiger partial charge on any atom is 0.0328 e. The molecule has 0 atom stereocenters. The van der Waals surface area contributed by atoms with E-state index in [-0.39, 0.29) is 0 Å². The average molecular weight is 163 g/mol. The van der Waals surface area contributed by atoms with E-state index in [2.05, 4.69) is 37.4 Å². The van der Waals surface area contributed by atoms with Crippen molar-refractivity contribution in [2.75, 3.05) is 0 Å². The summed E-state index contributed by atoms with van der Waals surface area (Å²) in [5, 5.41) is 0. The molecule has 0 aliphatic carbocycles. The minimum atomic E-state index is 0.766. The minimum absolute atomic E-state index is 0.766. The predicted octanol–water partition coefficient (Wildman–Crippen LogP) is 3.35. The number of aliphatic imine (C=N–C) groups is 1. The lowest BCUT2D eigenvalue weighted by atomic mass is 10.1. The molecule has 0 radical (unpaired) electrons. The fraction of sp³-hybridized carbons (Fsp3) is 0.455. The van der Waals surface area contributed by atoms with Crippen LogP contribution in [0.3, 0.4) is 0 Å². The van der Waals surface area contributed by atoms with Crippen molar-refractivity contribution in [1.29, 1.82) is 0 Å². The highest BCUT2D eigenvalue weighted by Crippen LogP contribution is 2.03. The van der Waals surface area contributed by atoms with Gasteiger partial charge >= 0.3 is 0 Å². The van der Waals surface area contributed by atoms with Crippen molar-refractivity contribution in [3.63, 3.8) is 0 Å². The molecule has 0 aromatic rings. The molecule has 0 saturated heterocycles. The van der Waals surface area contributed by atoms with Gasteiger partial charge in [0.2, 0.25) is 0 Å². The van der Waals surface area contributed by atoms with Gasteiger partial charge in [-0.2, -0.15) is 0 Å². The molecule has 0 aliphatic rings. The van der Waals surface area contributed by atoms with Crippen molar-refractivity contribution >= 4 is 5.87 Å². The van der Waals surface area contributed by atoms with Crippen molar-refractivity contribution in [1.82, 2.24) is 0 Å². The van der Waals surface area contributed by atoms with Gasteiger partial charge in [-0.05, 0) is 30.7 Å². The number of rotatable bonds is 5. The van der Waals surface area contributed by atoms with E-state index < -0.39 is 0 Å². The van der Waals surface area contributed by atoms with Crippen LogP contribution in [0.2, 0.25) is 0 Å². The quantitative estimate of drug-likeness (QED) is 0.435. The Bertz CT molecular complexity index is 193. The van der Waals surface area contributed by atoms with Gasteiger partial charge in [0.05, 0.1) is 0 Å². The monoisotopic (exact) mass is 163 g/mol. The standard InChI is InChI=1S/C11H17N/c1-4-5-9-12-10-7-6-8-11(2)3/h4-5,7,10-11H,1,6,8H2,2-3H3/b10-7-. The van der Waals surface area contributed by atoms with Crippen LogP contribution in [-0.2, 0) is 0 Å². The number of nitrogens with zero attached hydrogens (tertiary/aromatic N) is 1. The van der Waals surface area contributed by atoms with Gasteiger partial charge in [0.15, 0.2) is 0 Å². The Labute approximate surface area is 75.2 Å². The fourth-order valence-electron chi connectivity index (χ4n) is 0.696. The van der Waals surface area contributed by atoms with Gasteiger partial charge in [-0.1, -0.05) is 32.6 Å². The first-order valence-electron chi connectivity index (χ1n) is 4.32. The van der Waals surface area contributed by atoms with Crippen LogP contribution in [0.1, 0.15) is 26.7 Å². The third-order valence-electron chi connectivity index (χ3n) is 1.36. The Kier molecular flexibility index (Phi) is 7.31. The molecule has 0 N–H and O–H groups in total. The molecule has 0 heterocycles. The molecule has 0 rings (SSSR count). The van der Waals surface area contributed by atoms with Gasteiger partial charge in [0.1, 0.15) is 0 Å². The Morgan fingerprint density at radius 3 is 2.83 bits per heavy atom. The molecule has 0 aromatic heterocycles. The summed E-state index contributed by atoms with van der Waals surface area (Å²) >= 11 is 0. The molecule has 12 heavy (non-hydrogen) atoms. The highest BCUT2D eigenvalue weighted by Gasteiger charge is 1.88. The maximum absolute atomic E-state index is 3.90. The summed E-state index contributed by atoms with van der Waals surface area (Å²) < 4.78 is 0. The Morgan fingerprint density at radius 2 is 2.25 bits per heavy atom. The zero-order valence-electron chi connectivity index (χ0n) is 7.96. The lowest BCUT2D eigenvalue weighted by Crippen LogP contribution is -1.83. The third-order valence-corrected chi connectivity index (χ3v) is 1.36. The molecule has 0 aliphatic heterocycles. The molecule has 0 fully saturated rings. The lowest BCUT2D eigenvalue weighted by molar-refractivity contribution is 0.594. The highest BCUT2D eigenvalue weighted by molar-refractivity contribution is 5.55. The van der Waals surface area contributed by atoms with E-state index >= 15 is 0 Å². The first-order valence-corrected chi connectivity index (χ1v) is 4.32. The Balaban J connectivity index is 3.50. The van der Waals surface area contributed by atoms with Crippen LogP contribution in [0.25, 0.3) is 0 Å². The van der Waals surface area contributed by atoms with E-state index in [4.69, 9.17) is 0 Å². The normalized spacial score (nSPS) is 9.92. The van der Waals surface area contributed by atoms with Crippen LogP contribution in [0.4, 0.5) is 0 Å². The first-order chi connectivity index (χ1) is 5.77. The van der Waals surface area contributed by atoms with Crippen LogP contribution >= 0.6 is 0 Å². The minimum Gasteiger partial charge on any atom is -0.215 e. The second-order valence-electron chi connectivity index (χ2n) is 3.02. The maximum atomic E-state index is 3.90. The van der Waals surface area contributed by atoms with Crippen molar-refractivity contribution in [2.24, 2.45) is 10.9 Å². The van der Waals surface area contributed by atoms with Gasteiger partial charge in [-0.3, -0.25) is 0 Å². The second-order valence-corrected chi connectivity index (χ2v) is 3.02. The molecule has 0 spiro atoms. The van der Waals surface area contributed by atoms with Crippen LogP contribution in [0.5, 0.6) is 0 Å². The predicted molar refractivity (Wildman–Crippen MR) is 55.4 cm³/mol. The zero-order valence-corrected chi connectivity index (χ0v) is 7.96. The van der Waals surface area contributed by atoms with Crippen LogP contribution in [0, 0.1) is 5.92 Å². The summed E-state index contributed by atoms with van der Waals surface area (Å²) in [5.41, 5.74) is 0.